The minimum atomic E-state index is -0.111. The fourth-order valence-electron chi connectivity index (χ4n) is 3.06. The number of nitrogens with zero attached hydrogens (tertiary/aromatic N) is 1. The fourth-order valence-corrected chi connectivity index (χ4v) is 4.19. The molecule has 4 rings (SSSR count). The van der Waals surface area contributed by atoms with Gasteiger partial charge in [0.25, 0.3) is 5.91 Å². The molecule has 2 heterocycles. The number of thioether (sulfide) groups is 1. The van der Waals surface area contributed by atoms with Crippen LogP contribution in [0.25, 0.3) is 10.9 Å². The first-order valence-electron chi connectivity index (χ1n) is 8.29. The number of nitrogens with one attached hydrogen (secondary N) is 1. The lowest BCUT2D eigenvalue weighted by Crippen LogP contribution is -2.34. The minimum Gasteiger partial charge on any atom is -0.481 e. The quantitative estimate of drug-likeness (QED) is 0.774. The van der Waals surface area contributed by atoms with E-state index in [1.54, 1.807) is 6.20 Å². The predicted molar refractivity (Wildman–Crippen MR) is 99.9 cm³/mol. The number of benzene rings is 2. The molecule has 1 atom stereocenters. The molecule has 0 spiro atoms. The average Bonchev–Trinajstić information content (AvgIpc) is 2.66. The van der Waals surface area contributed by atoms with Crippen molar-refractivity contribution in [2.24, 2.45) is 0 Å². The van der Waals surface area contributed by atoms with E-state index in [2.05, 4.69) is 22.4 Å². The van der Waals surface area contributed by atoms with Crippen molar-refractivity contribution in [1.29, 1.82) is 0 Å². The molecule has 0 bridgehead atoms. The highest BCUT2D eigenvalue weighted by molar-refractivity contribution is 7.99. The van der Waals surface area contributed by atoms with Crippen LogP contribution in [0.4, 0.5) is 0 Å². The molecule has 1 aliphatic rings. The normalized spacial score (nSPS) is 16.2. The van der Waals surface area contributed by atoms with Crippen molar-refractivity contribution in [3.63, 3.8) is 0 Å². The van der Waals surface area contributed by atoms with Crippen LogP contribution in [0.15, 0.2) is 65.7 Å². The molecule has 1 N–H and O–H groups in total. The molecule has 0 saturated carbocycles. The van der Waals surface area contributed by atoms with E-state index in [4.69, 9.17) is 4.74 Å². The van der Waals surface area contributed by atoms with Crippen LogP contribution in [0.2, 0.25) is 0 Å². The van der Waals surface area contributed by atoms with Gasteiger partial charge in [0.2, 0.25) is 0 Å². The summed E-state index contributed by atoms with van der Waals surface area (Å²) in [6.45, 7) is -0.0124. The van der Waals surface area contributed by atoms with Gasteiger partial charge in [-0.3, -0.25) is 9.78 Å². The van der Waals surface area contributed by atoms with Gasteiger partial charge in [0.05, 0.1) is 6.04 Å². The number of carbonyl (C=O) groups is 1. The summed E-state index contributed by atoms with van der Waals surface area (Å²) < 4.78 is 5.73. The summed E-state index contributed by atoms with van der Waals surface area (Å²) in [6.07, 6.45) is 2.66. The van der Waals surface area contributed by atoms with E-state index in [0.717, 1.165) is 23.1 Å². The molecular weight excluding hydrogens is 332 g/mol. The highest BCUT2D eigenvalue weighted by Gasteiger charge is 2.22. The van der Waals surface area contributed by atoms with Gasteiger partial charge < -0.3 is 10.1 Å². The highest BCUT2D eigenvalue weighted by Crippen LogP contribution is 2.35. The van der Waals surface area contributed by atoms with Crippen molar-refractivity contribution in [3.8, 4) is 5.75 Å². The van der Waals surface area contributed by atoms with Crippen LogP contribution < -0.4 is 10.1 Å². The van der Waals surface area contributed by atoms with Gasteiger partial charge in [-0.1, -0.05) is 36.4 Å². The Kier molecular flexibility index (Phi) is 4.57. The maximum atomic E-state index is 12.4. The zero-order valence-corrected chi connectivity index (χ0v) is 14.5. The van der Waals surface area contributed by atoms with Crippen LogP contribution >= 0.6 is 11.8 Å². The number of para-hydroxylation sites is 1. The van der Waals surface area contributed by atoms with E-state index in [-0.39, 0.29) is 18.6 Å². The Morgan fingerprint density at radius 3 is 3.00 bits per heavy atom. The molecule has 126 valence electrons. The van der Waals surface area contributed by atoms with Gasteiger partial charge in [0.1, 0.15) is 11.3 Å². The van der Waals surface area contributed by atoms with Gasteiger partial charge in [-0.15, -0.1) is 11.8 Å². The molecule has 25 heavy (non-hydrogen) atoms. The molecule has 1 amide bonds. The molecule has 1 aliphatic heterocycles. The highest BCUT2D eigenvalue weighted by atomic mass is 32.2. The second-order valence-electron chi connectivity index (χ2n) is 5.92. The Bertz CT molecular complexity index is 908. The lowest BCUT2D eigenvalue weighted by atomic mass is 10.0. The molecule has 2 aromatic carbocycles. The number of rotatable bonds is 4. The van der Waals surface area contributed by atoms with E-state index in [1.807, 2.05) is 54.2 Å². The summed E-state index contributed by atoms with van der Waals surface area (Å²) in [6, 6.07) is 17.9. The summed E-state index contributed by atoms with van der Waals surface area (Å²) >= 11 is 1.84. The van der Waals surface area contributed by atoms with E-state index in [1.165, 1.54) is 10.5 Å². The van der Waals surface area contributed by atoms with Crippen molar-refractivity contribution < 1.29 is 9.53 Å². The second kappa shape index (κ2) is 7.15. The van der Waals surface area contributed by atoms with Gasteiger partial charge in [-0.25, -0.2) is 0 Å². The Balaban J connectivity index is 1.43. The summed E-state index contributed by atoms with van der Waals surface area (Å²) in [5.41, 5.74) is 1.97. The minimum absolute atomic E-state index is 0.0124. The first-order valence-corrected chi connectivity index (χ1v) is 9.27. The number of amides is 1. The SMILES string of the molecule is O=C(COc1cccc2cccnc12)N[C@H]1CCSc2ccccc21. The predicted octanol–water partition coefficient (Wildman–Crippen LogP) is 3.97. The molecule has 0 unspecified atom stereocenters. The standard InChI is InChI=1S/C20H18N2O2S/c23-19(22-16-10-12-25-18-9-2-1-7-15(16)18)13-24-17-8-3-5-14-6-4-11-21-20(14)17/h1-9,11,16H,10,12-13H2,(H,22,23)/t16-/m0/s1. The van der Waals surface area contributed by atoms with Crippen LogP contribution in [0.5, 0.6) is 5.75 Å². The van der Waals surface area contributed by atoms with Crippen LogP contribution in [-0.2, 0) is 4.79 Å². The van der Waals surface area contributed by atoms with Gasteiger partial charge in [0, 0.05) is 22.2 Å². The molecule has 3 aromatic rings. The molecule has 0 fully saturated rings. The second-order valence-corrected chi connectivity index (χ2v) is 7.05. The number of carbonyl (C=O) groups excluding carboxylic acids is 1. The number of fused-ring (bicyclic) bond motifs is 2. The van der Waals surface area contributed by atoms with Crippen LogP contribution in [0.3, 0.4) is 0 Å². The largest absolute Gasteiger partial charge is 0.481 e. The fraction of sp³-hybridized carbons (Fsp3) is 0.200. The lowest BCUT2D eigenvalue weighted by Gasteiger charge is -2.25. The number of hydrogen-bond donors (Lipinski definition) is 1. The van der Waals surface area contributed by atoms with Crippen molar-refractivity contribution in [2.75, 3.05) is 12.4 Å². The third-order valence-corrected chi connectivity index (χ3v) is 5.37. The number of pyridine rings is 1. The monoisotopic (exact) mass is 350 g/mol. The molecule has 0 aliphatic carbocycles. The van der Waals surface area contributed by atoms with Gasteiger partial charge in [0.15, 0.2) is 6.61 Å². The lowest BCUT2D eigenvalue weighted by molar-refractivity contribution is -0.123. The number of aromatic nitrogens is 1. The Labute approximate surface area is 150 Å². The van der Waals surface area contributed by atoms with E-state index in [0.29, 0.717) is 5.75 Å². The van der Waals surface area contributed by atoms with Crippen molar-refractivity contribution in [1.82, 2.24) is 10.3 Å². The molecule has 5 heteroatoms. The Morgan fingerprint density at radius 2 is 2.04 bits per heavy atom. The zero-order valence-electron chi connectivity index (χ0n) is 13.6. The van der Waals surface area contributed by atoms with Gasteiger partial charge >= 0.3 is 0 Å². The molecule has 0 saturated heterocycles. The Morgan fingerprint density at radius 1 is 1.16 bits per heavy atom. The van der Waals surface area contributed by atoms with Gasteiger partial charge in [-0.2, -0.15) is 0 Å². The average molecular weight is 350 g/mol. The zero-order chi connectivity index (χ0) is 17.1. The maximum Gasteiger partial charge on any atom is 0.258 e. The number of hydrogen-bond acceptors (Lipinski definition) is 4. The summed E-state index contributed by atoms with van der Waals surface area (Å²) in [4.78, 5) is 18.0. The summed E-state index contributed by atoms with van der Waals surface area (Å²) in [5.74, 6) is 1.53. The van der Waals surface area contributed by atoms with Crippen LogP contribution in [0, 0.1) is 0 Å². The van der Waals surface area contributed by atoms with E-state index < -0.39 is 0 Å². The summed E-state index contributed by atoms with van der Waals surface area (Å²) in [5, 5.41) is 4.09. The molecule has 1 aromatic heterocycles. The van der Waals surface area contributed by atoms with E-state index >= 15 is 0 Å². The van der Waals surface area contributed by atoms with Crippen molar-refractivity contribution in [2.45, 2.75) is 17.4 Å². The van der Waals surface area contributed by atoms with Crippen molar-refractivity contribution in [3.05, 3.63) is 66.4 Å². The maximum absolute atomic E-state index is 12.4. The number of ether oxygens (including phenoxy) is 1. The Hall–Kier alpha value is -2.53. The third-order valence-electron chi connectivity index (χ3n) is 4.25. The first kappa shape index (κ1) is 16.0. The van der Waals surface area contributed by atoms with Crippen LogP contribution in [0.1, 0.15) is 18.0 Å². The van der Waals surface area contributed by atoms with Crippen molar-refractivity contribution >= 4 is 28.6 Å². The first-order chi connectivity index (χ1) is 12.3. The smallest absolute Gasteiger partial charge is 0.258 e. The topological polar surface area (TPSA) is 51.2 Å². The summed E-state index contributed by atoms with van der Waals surface area (Å²) in [7, 11) is 0. The molecule has 0 radical (unpaired) electrons. The van der Waals surface area contributed by atoms with E-state index in [9.17, 15) is 4.79 Å². The van der Waals surface area contributed by atoms with Gasteiger partial charge in [-0.05, 0) is 30.2 Å². The molecular formula is C20H18N2O2S. The van der Waals surface area contributed by atoms with Crippen LogP contribution in [-0.4, -0.2) is 23.3 Å². The molecule has 4 nitrogen and oxygen atoms in total. The third kappa shape index (κ3) is 3.46.